The standard InChI is InChI=1S/C17H22N2O2/c20-17(12-5-6-13-10-21-11-14(13)9-12)19-8-2-4-16(19)15-3-1-7-18-15/h5-6,9,15-16,18H,1-4,7-8,10-11H2. The number of nitrogens with zero attached hydrogens (tertiary/aromatic N) is 1. The van der Waals surface area contributed by atoms with E-state index in [1.807, 2.05) is 12.1 Å². The largest absolute Gasteiger partial charge is 0.372 e. The van der Waals surface area contributed by atoms with Crippen molar-refractivity contribution in [3.8, 4) is 0 Å². The van der Waals surface area contributed by atoms with E-state index in [0.717, 1.165) is 31.5 Å². The Balaban J connectivity index is 1.55. The van der Waals surface area contributed by atoms with Gasteiger partial charge in [0.2, 0.25) is 0 Å². The zero-order valence-corrected chi connectivity index (χ0v) is 12.3. The zero-order valence-electron chi connectivity index (χ0n) is 12.3. The Bertz CT molecular complexity index is 552. The Hall–Kier alpha value is -1.39. The van der Waals surface area contributed by atoms with Gasteiger partial charge in [0.25, 0.3) is 5.91 Å². The number of fused-ring (bicyclic) bond motifs is 1. The molecule has 1 amide bonds. The van der Waals surface area contributed by atoms with Gasteiger partial charge in [-0.2, -0.15) is 0 Å². The fourth-order valence-electron chi connectivity index (χ4n) is 3.97. The summed E-state index contributed by atoms with van der Waals surface area (Å²) in [6, 6.07) is 6.92. The zero-order chi connectivity index (χ0) is 14.2. The first kappa shape index (κ1) is 13.3. The number of ether oxygens (including phenoxy) is 1. The molecule has 3 heterocycles. The lowest BCUT2D eigenvalue weighted by Gasteiger charge is -2.29. The molecule has 2 unspecified atom stereocenters. The van der Waals surface area contributed by atoms with Gasteiger partial charge in [-0.05, 0) is 55.5 Å². The molecule has 4 nitrogen and oxygen atoms in total. The second-order valence-electron chi connectivity index (χ2n) is 6.39. The minimum absolute atomic E-state index is 0.195. The van der Waals surface area contributed by atoms with Gasteiger partial charge >= 0.3 is 0 Å². The number of hydrogen-bond donors (Lipinski definition) is 1. The number of benzene rings is 1. The molecule has 1 aromatic rings. The van der Waals surface area contributed by atoms with E-state index in [4.69, 9.17) is 4.74 Å². The van der Waals surface area contributed by atoms with Gasteiger partial charge in [-0.3, -0.25) is 4.79 Å². The first-order chi connectivity index (χ1) is 10.3. The van der Waals surface area contributed by atoms with Crippen molar-refractivity contribution in [2.24, 2.45) is 0 Å². The third-order valence-corrected chi connectivity index (χ3v) is 5.09. The van der Waals surface area contributed by atoms with Crippen molar-refractivity contribution in [3.63, 3.8) is 0 Å². The summed E-state index contributed by atoms with van der Waals surface area (Å²) in [7, 11) is 0. The predicted molar refractivity (Wildman–Crippen MR) is 80.0 cm³/mol. The molecule has 112 valence electrons. The molecular formula is C17H22N2O2. The van der Waals surface area contributed by atoms with Gasteiger partial charge in [-0.1, -0.05) is 6.07 Å². The maximum Gasteiger partial charge on any atom is 0.254 e. The Morgan fingerprint density at radius 2 is 2.10 bits per heavy atom. The van der Waals surface area contributed by atoms with Crippen LogP contribution in [-0.4, -0.2) is 36.0 Å². The number of carbonyl (C=O) groups excluding carboxylic acids is 1. The van der Waals surface area contributed by atoms with E-state index in [-0.39, 0.29) is 5.91 Å². The highest BCUT2D eigenvalue weighted by atomic mass is 16.5. The van der Waals surface area contributed by atoms with Gasteiger partial charge in [0.05, 0.1) is 13.2 Å². The number of likely N-dealkylation sites (tertiary alicyclic amines) is 1. The maximum atomic E-state index is 12.9. The van der Waals surface area contributed by atoms with E-state index in [1.165, 1.54) is 24.0 Å². The third kappa shape index (κ3) is 2.36. The molecule has 3 aliphatic rings. The second kappa shape index (κ2) is 5.43. The summed E-state index contributed by atoms with van der Waals surface area (Å²) < 4.78 is 5.44. The van der Waals surface area contributed by atoms with Gasteiger partial charge in [-0.15, -0.1) is 0 Å². The summed E-state index contributed by atoms with van der Waals surface area (Å²) >= 11 is 0. The molecule has 1 aromatic carbocycles. The number of hydrogen-bond acceptors (Lipinski definition) is 3. The maximum absolute atomic E-state index is 12.9. The van der Waals surface area contributed by atoms with E-state index >= 15 is 0 Å². The van der Waals surface area contributed by atoms with Gasteiger partial charge < -0.3 is 15.0 Å². The van der Waals surface area contributed by atoms with E-state index in [0.29, 0.717) is 25.3 Å². The van der Waals surface area contributed by atoms with Crippen molar-refractivity contribution in [2.75, 3.05) is 13.1 Å². The van der Waals surface area contributed by atoms with E-state index in [1.54, 1.807) is 0 Å². The average Bonchev–Trinajstić information content (AvgIpc) is 3.24. The minimum atomic E-state index is 0.195. The minimum Gasteiger partial charge on any atom is -0.372 e. The summed E-state index contributed by atoms with van der Waals surface area (Å²) in [6.45, 7) is 3.32. The summed E-state index contributed by atoms with van der Waals surface area (Å²) in [5, 5.41) is 3.56. The smallest absolute Gasteiger partial charge is 0.254 e. The van der Waals surface area contributed by atoms with Crippen molar-refractivity contribution in [1.82, 2.24) is 10.2 Å². The SMILES string of the molecule is O=C(c1ccc2c(c1)COC2)N1CCCC1C1CCCN1. The highest BCUT2D eigenvalue weighted by Crippen LogP contribution is 2.28. The highest BCUT2D eigenvalue weighted by molar-refractivity contribution is 5.95. The Morgan fingerprint density at radius 3 is 2.95 bits per heavy atom. The number of rotatable bonds is 2. The summed E-state index contributed by atoms with van der Waals surface area (Å²) in [4.78, 5) is 15.0. The Labute approximate surface area is 125 Å². The first-order valence-corrected chi connectivity index (χ1v) is 8.07. The van der Waals surface area contributed by atoms with Crippen LogP contribution in [0.5, 0.6) is 0 Å². The van der Waals surface area contributed by atoms with Crippen LogP contribution in [0.15, 0.2) is 18.2 Å². The number of amides is 1. The fraction of sp³-hybridized carbons (Fsp3) is 0.588. The quantitative estimate of drug-likeness (QED) is 0.905. The third-order valence-electron chi connectivity index (χ3n) is 5.09. The lowest BCUT2D eigenvalue weighted by Crippen LogP contribution is -2.46. The molecule has 1 N–H and O–H groups in total. The molecule has 2 atom stereocenters. The van der Waals surface area contributed by atoms with Crippen molar-refractivity contribution in [3.05, 3.63) is 34.9 Å². The molecule has 3 aliphatic heterocycles. The molecule has 2 fully saturated rings. The van der Waals surface area contributed by atoms with Crippen molar-refractivity contribution in [2.45, 2.75) is 51.0 Å². The molecule has 0 bridgehead atoms. The molecule has 4 rings (SSSR count). The normalized spacial score (nSPS) is 28.1. The van der Waals surface area contributed by atoms with Crippen LogP contribution in [0.2, 0.25) is 0 Å². The summed E-state index contributed by atoms with van der Waals surface area (Å²) in [5.41, 5.74) is 3.22. The van der Waals surface area contributed by atoms with Gasteiger partial charge in [-0.25, -0.2) is 0 Å². The van der Waals surface area contributed by atoms with Crippen LogP contribution in [0.3, 0.4) is 0 Å². The van der Waals surface area contributed by atoms with Crippen LogP contribution in [0.1, 0.15) is 47.2 Å². The van der Waals surface area contributed by atoms with Crippen LogP contribution in [0.25, 0.3) is 0 Å². The van der Waals surface area contributed by atoms with Crippen molar-refractivity contribution >= 4 is 5.91 Å². The molecule has 2 saturated heterocycles. The van der Waals surface area contributed by atoms with Crippen molar-refractivity contribution in [1.29, 1.82) is 0 Å². The molecular weight excluding hydrogens is 264 g/mol. The van der Waals surface area contributed by atoms with Gasteiger partial charge in [0.1, 0.15) is 0 Å². The fourth-order valence-corrected chi connectivity index (χ4v) is 3.97. The van der Waals surface area contributed by atoms with Crippen LogP contribution in [0.4, 0.5) is 0 Å². The van der Waals surface area contributed by atoms with Gasteiger partial charge in [0, 0.05) is 24.2 Å². The van der Waals surface area contributed by atoms with Crippen molar-refractivity contribution < 1.29 is 9.53 Å². The van der Waals surface area contributed by atoms with Gasteiger partial charge in [0.15, 0.2) is 0 Å². The topological polar surface area (TPSA) is 41.6 Å². The lowest BCUT2D eigenvalue weighted by molar-refractivity contribution is 0.0711. The van der Waals surface area contributed by atoms with Crippen LogP contribution < -0.4 is 5.32 Å². The summed E-state index contributed by atoms with van der Waals surface area (Å²) in [6.07, 6.45) is 4.70. The van der Waals surface area contributed by atoms with Crippen LogP contribution in [-0.2, 0) is 18.0 Å². The molecule has 0 saturated carbocycles. The molecule has 0 spiro atoms. The highest BCUT2D eigenvalue weighted by Gasteiger charge is 2.36. The molecule has 4 heteroatoms. The number of nitrogens with one attached hydrogen (secondary N) is 1. The molecule has 0 aromatic heterocycles. The summed E-state index contributed by atoms with van der Waals surface area (Å²) in [5.74, 6) is 0.195. The molecule has 0 aliphatic carbocycles. The monoisotopic (exact) mass is 286 g/mol. The van der Waals surface area contributed by atoms with E-state index in [2.05, 4.69) is 16.3 Å². The Kier molecular flexibility index (Phi) is 3.43. The first-order valence-electron chi connectivity index (χ1n) is 8.07. The van der Waals surface area contributed by atoms with E-state index in [9.17, 15) is 4.79 Å². The number of carbonyl (C=O) groups is 1. The Morgan fingerprint density at radius 1 is 1.19 bits per heavy atom. The van der Waals surface area contributed by atoms with Crippen LogP contribution >= 0.6 is 0 Å². The van der Waals surface area contributed by atoms with Crippen LogP contribution in [0, 0.1) is 0 Å². The van der Waals surface area contributed by atoms with E-state index < -0.39 is 0 Å². The average molecular weight is 286 g/mol. The predicted octanol–water partition coefficient (Wildman–Crippen LogP) is 2.07. The lowest BCUT2D eigenvalue weighted by atomic mass is 10.0. The second-order valence-corrected chi connectivity index (χ2v) is 6.39. The molecule has 0 radical (unpaired) electrons. The molecule has 21 heavy (non-hydrogen) atoms.